The Kier molecular flexibility index (Phi) is 3.76. The van der Waals surface area contributed by atoms with Gasteiger partial charge in [-0.05, 0) is 45.7 Å². The fraction of sp³-hybridized carbons (Fsp3) is 0.562. The highest BCUT2D eigenvalue weighted by atomic mass is 35.5. The van der Waals surface area contributed by atoms with E-state index in [9.17, 15) is 4.79 Å². The van der Waals surface area contributed by atoms with E-state index < -0.39 is 5.60 Å². The Hall–Kier alpha value is -0.860. The molecule has 1 aromatic carbocycles. The fourth-order valence-electron chi connectivity index (χ4n) is 3.02. The maximum Gasteiger partial charge on any atom is 0.143 e. The molecule has 19 heavy (non-hydrogen) atoms. The van der Waals surface area contributed by atoms with E-state index in [0.717, 1.165) is 12.0 Å². The van der Waals surface area contributed by atoms with Gasteiger partial charge < -0.3 is 4.74 Å². The second-order valence-corrected chi connectivity index (χ2v) is 6.86. The number of halogens is 1. The van der Waals surface area contributed by atoms with Gasteiger partial charge in [-0.15, -0.1) is 0 Å². The number of carbonyl (C=O) groups excluding carboxylic acids is 1. The van der Waals surface area contributed by atoms with Crippen molar-refractivity contribution < 1.29 is 9.53 Å². The summed E-state index contributed by atoms with van der Waals surface area (Å²) in [5.41, 5.74) is 0.265. The van der Waals surface area contributed by atoms with E-state index in [1.54, 1.807) is 0 Å². The lowest BCUT2D eigenvalue weighted by atomic mass is 9.82. The van der Waals surface area contributed by atoms with Crippen molar-refractivity contribution in [3.8, 4) is 0 Å². The van der Waals surface area contributed by atoms with Gasteiger partial charge in [-0.25, -0.2) is 0 Å². The van der Waals surface area contributed by atoms with Gasteiger partial charge in [-0.2, -0.15) is 0 Å². The highest BCUT2D eigenvalue weighted by Gasteiger charge is 2.48. The SMILES string of the molecule is CC1(C)CC(C(=O)Cc2ccccc2Cl)C(C)(C)O1. The second-order valence-electron chi connectivity index (χ2n) is 6.46. The van der Waals surface area contributed by atoms with Crippen molar-refractivity contribution in [1.82, 2.24) is 0 Å². The quantitative estimate of drug-likeness (QED) is 0.835. The number of benzene rings is 1. The Balaban J connectivity index is 2.15. The summed E-state index contributed by atoms with van der Waals surface area (Å²) in [5.74, 6) is 0.141. The summed E-state index contributed by atoms with van der Waals surface area (Å²) in [6, 6.07) is 7.52. The predicted molar refractivity (Wildman–Crippen MR) is 77.5 cm³/mol. The van der Waals surface area contributed by atoms with Gasteiger partial charge in [0.1, 0.15) is 5.78 Å². The van der Waals surface area contributed by atoms with Gasteiger partial charge in [0.2, 0.25) is 0 Å². The molecule has 2 rings (SSSR count). The Labute approximate surface area is 120 Å². The highest BCUT2D eigenvalue weighted by Crippen LogP contribution is 2.42. The largest absolute Gasteiger partial charge is 0.369 e. The third-order valence-electron chi connectivity index (χ3n) is 3.79. The van der Waals surface area contributed by atoms with E-state index >= 15 is 0 Å². The molecule has 1 aromatic rings. The third-order valence-corrected chi connectivity index (χ3v) is 4.15. The van der Waals surface area contributed by atoms with Gasteiger partial charge in [0.25, 0.3) is 0 Å². The van der Waals surface area contributed by atoms with Crippen LogP contribution >= 0.6 is 11.6 Å². The molecule has 0 amide bonds. The molecule has 1 saturated heterocycles. The lowest BCUT2D eigenvalue weighted by molar-refractivity contribution is -0.128. The van der Waals surface area contributed by atoms with Crippen molar-refractivity contribution in [3.05, 3.63) is 34.9 Å². The summed E-state index contributed by atoms with van der Waals surface area (Å²) in [6.07, 6.45) is 1.15. The molecule has 0 radical (unpaired) electrons. The molecule has 2 nitrogen and oxygen atoms in total. The van der Waals surface area contributed by atoms with Crippen LogP contribution in [0.3, 0.4) is 0 Å². The average molecular weight is 281 g/mol. The normalized spacial score (nSPS) is 24.4. The van der Waals surface area contributed by atoms with E-state index in [4.69, 9.17) is 16.3 Å². The molecular formula is C16H21ClO2. The Bertz CT molecular complexity index is 491. The number of hydrogen-bond donors (Lipinski definition) is 0. The van der Waals surface area contributed by atoms with Crippen LogP contribution in [0.5, 0.6) is 0 Å². The Morgan fingerprint density at radius 2 is 1.95 bits per heavy atom. The van der Waals surface area contributed by atoms with Crippen molar-refractivity contribution in [3.63, 3.8) is 0 Å². The molecule has 3 heteroatoms. The molecular weight excluding hydrogens is 260 g/mol. The minimum absolute atomic E-state index is 0.0706. The fourth-order valence-corrected chi connectivity index (χ4v) is 3.22. The van der Waals surface area contributed by atoms with E-state index in [2.05, 4.69) is 0 Å². The highest BCUT2D eigenvalue weighted by molar-refractivity contribution is 6.31. The zero-order valence-corrected chi connectivity index (χ0v) is 12.8. The number of ketones is 1. The van der Waals surface area contributed by atoms with Gasteiger partial charge in [-0.3, -0.25) is 4.79 Å². The summed E-state index contributed by atoms with van der Waals surface area (Å²) in [5, 5.41) is 0.659. The van der Waals surface area contributed by atoms with E-state index in [1.165, 1.54) is 0 Å². The first-order valence-corrected chi connectivity index (χ1v) is 7.05. The van der Waals surface area contributed by atoms with E-state index in [-0.39, 0.29) is 17.3 Å². The van der Waals surface area contributed by atoms with Crippen LogP contribution in [0.25, 0.3) is 0 Å². The molecule has 0 aliphatic carbocycles. The van der Waals surface area contributed by atoms with Crippen LogP contribution in [0.4, 0.5) is 0 Å². The summed E-state index contributed by atoms with van der Waals surface area (Å²) in [4.78, 5) is 12.5. The molecule has 1 heterocycles. The number of rotatable bonds is 3. The summed E-state index contributed by atoms with van der Waals surface area (Å²) >= 11 is 6.12. The topological polar surface area (TPSA) is 26.3 Å². The Morgan fingerprint density at radius 1 is 1.32 bits per heavy atom. The molecule has 1 aliphatic rings. The van der Waals surface area contributed by atoms with Crippen molar-refractivity contribution in [2.24, 2.45) is 5.92 Å². The van der Waals surface area contributed by atoms with Crippen LogP contribution in [0.15, 0.2) is 24.3 Å². The molecule has 0 bridgehead atoms. The lowest BCUT2D eigenvalue weighted by Crippen LogP contribution is -2.34. The molecule has 0 N–H and O–H groups in total. The van der Waals surface area contributed by atoms with Crippen LogP contribution < -0.4 is 0 Å². The first-order chi connectivity index (χ1) is 8.71. The maximum atomic E-state index is 12.5. The summed E-state index contributed by atoms with van der Waals surface area (Å²) in [7, 11) is 0. The smallest absolute Gasteiger partial charge is 0.143 e. The van der Waals surface area contributed by atoms with E-state index in [1.807, 2.05) is 52.0 Å². The standard InChI is InChI=1S/C16H21ClO2/c1-15(2)10-12(16(3,4)19-15)14(18)9-11-7-5-6-8-13(11)17/h5-8,12H,9-10H2,1-4H3. The molecule has 0 spiro atoms. The molecule has 1 atom stereocenters. The Morgan fingerprint density at radius 3 is 2.47 bits per heavy atom. The second kappa shape index (κ2) is 4.92. The minimum atomic E-state index is -0.401. The predicted octanol–water partition coefficient (Wildman–Crippen LogP) is 4.05. The minimum Gasteiger partial charge on any atom is -0.369 e. The van der Waals surface area contributed by atoms with Crippen LogP contribution in [0.1, 0.15) is 39.7 Å². The van der Waals surface area contributed by atoms with Crippen LogP contribution in [0, 0.1) is 5.92 Å². The number of Topliss-reactive ketones (excluding diaryl/α,β-unsaturated/α-hetero) is 1. The lowest BCUT2D eigenvalue weighted by Gasteiger charge is -2.26. The van der Waals surface area contributed by atoms with Crippen molar-refractivity contribution >= 4 is 17.4 Å². The monoisotopic (exact) mass is 280 g/mol. The first kappa shape index (κ1) is 14.5. The summed E-state index contributed by atoms with van der Waals surface area (Å²) in [6.45, 7) is 8.07. The molecule has 0 saturated carbocycles. The molecule has 0 aromatic heterocycles. The van der Waals surface area contributed by atoms with Crippen molar-refractivity contribution in [2.75, 3.05) is 0 Å². The third kappa shape index (κ3) is 3.18. The van der Waals surface area contributed by atoms with Crippen LogP contribution in [-0.4, -0.2) is 17.0 Å². The van der Waals surface area contributed by atoms with Crippen molar-refractivity contribution in [1.29, 1.82) is 0 Å². The first-order valence-electron chi connectivity index (χ1n) is 6.67. The van der Waals surface area contributed by atoms with Crippen molar-refractivity contribution in [2.45, 2.75) is 51.7 Å². The zero-order valence-electron chi connectivity index (χ0n) is 12.0. The molecule has 1 unspecified atom stereocenters. The number of carbonyl (C=O) groups is 1. The van der Waals surface area contributed by atoms with Gasteiger partial charge in [0.05, 0.1) is 11.2 Å². The summed E-state index contributed by atoms with van der Waals surface area (Å²) < 4.78 is 5.98. The van der Waals surface area contributed by atoms with Crippen LogP contribution in [-0.2, 0) is 16.0 Å². The molecule has 1 aliphatic heterocycles. The zero-order chi connectivity index (χ0) is 14.3. The van der Waals surface area contributed by atoms with Gasteiger partial charge in [0, 0.05) is 17.4 Å². The number of ether oxygens (including phenoxy) is 1. The maximum absolute atomic E-state index is 12.5. The number of hydrogen-bond acceptors (Lipinski definition) is 2. The average Bonchev–Trinajstić information content (AvgIpc) is 2.50. The molecule has 1 fully saturated rings. The van der Waals surface area contributed by atoms with Crippen LogP contribution in [0.2, 0.25) is 5.02 Å². The van der Waals surface area contributed by atoms with Gasteiger partial charge in [-0.1, -0.05) is 29.8 Å². The van der Waals surface area contributed by atoms with E-state index in [0.29, 0.717) is 11.4 Å². The van der Waals surface area contributed by atoms with Gasteiger partial charge in [0.15, 0.2) is 0 Å². The van der Waals surface area contributed by atoms with Gasteiger partial charge >= 0.3 is 0 Å². The molecule has 104 valence electrons.